The number of hydrogen-bond acceptors (Lipinski definition) is 4. The van der Waals surface area contributed by atoms with Crippen LogP contribution in [-0.4, -0.2) is 28.9 Å². The first-order chi connectivity index (χ1) is 22.8. The monoisotopic (exact) mass is 590 g/mol. The first-order valence-electron chi connectivity index (χ1n) is 15.2. The maximum atomic E-state index is 5.13. The van der Waals surface area contributed by atoms with E-state index < -0.39 is 0 Å². The van der Waals surface area contributed by atoms with Crippen LogP contribution in [0.4, 0.5) is 0 Å². The number of fused-ring (bicyclic) bond motifs is 4. The molecule has 216 valence electrons. The van der Waals surface area contributed by atoms with Crippen LogP contribution >= 0.6 is 0 Å². The molecule has 0 N–H and O–H groups in total. The topological polar surface area (TPSA) is 60.9 Å². The van der Waals surface area contributed by atoms with Crippen LogP contribution in [0.2, 0.25) is 0 Å². The zero-order chi connectivity index (χ0) is 30.5. The van der Waals surface area contributed by atoms with Gasteiger partial charge in [0.25, 0.3) is 0 Å². The summed E-state index contributed by atoms with van der Waals surface area (Å²) < 4.78 is 4.20. The Morgan fingerprint density at radius 2 is 1.00 bits per heavy atom. The molecule has 0 amide bonds. The summed E-state index contributed by atoms with van der Waals surface area (Å²) in [5.41, 5.74) is 9.04. The number of hydrogen-bond donors (Lipinski definition) is 0. The van der Waals surface area contributed by atoms with Gasteiger partial charge in [0.2, 0.25) is 5.95 Å². The Morgan fingerprint density at radius 1 is 0.413 bits per heavy atom. The molecule has 46 heavy (non-hydrogen) atoms. The van der Waals surface area contributed by atoms with Gasteiger partial charge in [0, 0.05) is 39.9 Å². The number of imidazole rings is 1. The van der Waals surface area contributed by atoms with Crippen molar-refractivity contribution in [1.82, 2.24) is 28.9 Å². The molecule has 0 spiro atoms. The Morgan fingerprint density at radius 3 is 1.76 bits per heavy atom. The highest BCUT2D eigenvalue weighted by Gasteiger charge is 2.19. The van der Waals surface area contributed by atoms with Crippen molar-refractivity contribution in [1.29, 1.82) is 0 Å². The predicted molar refractivity (Wildman–Crippen MR) is 185 cm³/mol. The third kappa shape index (κ3) is 4.43. The quantitative estimate of drug-likeness (QED) is 0.200. The summed E-state index contributed by atoms with van der Waals surface area (Å²) in [7, 11) is 0. The van der Waals surface area contributed by atoms with E-state index in [9.17, 15) is 0 Å². The smallest absolute Gasteiger partial charge is 0.238 e. The van der Waals surface area contributed by atoms with E-state index in [1.165, 1.54) is 5.56 Å². The molecule has 0 atom stereocenters. The Hall–Kier alpha value is -6.40. The van der Waals surface area contributed by atoms with E-state index in [0.717, 1.165) is 55.4 Å². The standard InChI is InChI=1S/C40H26N6/c1-3-11-27(12-4-1)28-18-20-30(21-19-28)39-42-38(29-13-5-2-6-14-29)43-40(44-39)46-35-16-8-7-15-32(35)33-23-22-31(25-36(33)46)34-26-45-24-10-9-17-37(45)41-34/h1-26H. The van der Waals surface area contributed by atoms with Gasteiger partial charge in [0.1, 0.15) is 5.65 Å². The van der Waals surface area contributed by atoms with Gasteiger partial charge < -0.3 is 4.40 Å². The lowest BCUT2D eigenvalue weighted by Crippen LogP contribution is -2.06. The largest absolute Gasteiger partial charge is 0.306 e. The summed E-state index contributed by atoms with van der Waals surface area (Å²) >= 11 is 0. The van der Waals surface area contributed by atoms with Crippen LogP contribution < -0.4 is 0 Å². The van der Waals surface area contributed by atoms with E-state index in [1.807, 2.05) is 65.2 Å². The van der Waals surface area contributed by atoms with Gasteiger partial charge in [-0.1, -0.05) is 121 Å². The highest BCUT2D eigenvalue weighted by Crippen LogP contribution is 2.35. The average Bonchev–Trinajstić information content (AvgIpc) is 3.72. The third-order valence-electron chi connectivity index (χ3n) is 8.44. The molecule has 0 aliphatic heterocycles. The third-order valence-corrected chi connectivity index (χ3v) is 8.44. The molecular weight excluding hydrogens is 564 g/mol. The number of aromatic nitrogens is 6. The van der Waals surface area contributed by atoms with Crippen molar-refractivity contribution in [3.63, 3.8) is 0 Å². The van der Waals surface area contributed by atoms with Gasteiger partial charge in [-0.25, -0.2) is 9.97 Å². The highest BCUT2D eigenvalue weighted by atomic mass is 15.2. The molecule has 0 unspecified atom stereocenters. The molecule has 6 nitrogen and oxygen atoms in total. The van der Waals surface area contributed by atoms with Crippen molar-refractivity contribution < 1.29 is 0 Å². The van der Waals surface area contributed by atoms with Crippen LogP contribution in [0.1, 0.15) is 0 Å². The average molecular weight is 591 g/mol. The molecule has 0 fully saturated rings. The Labute approximate surface area is 264 Å². The number of rotatable bonds is 5. The highest BCUT2D eigenvalue weighted by molar-refractivity contribution is 6.10. The van der Waals surface area contributed by atoms with Crippen molar-refractivity contribution >= 4 is 27.5 Å². The van der Waals surface area contributed by atoms with E-state index >= 15 is 0 Å². The summed E-state index contributed by atoms with van der Waals surface area (Å²) in [6, 6.07) is 49.8. The molecule has 4 heterocycles. The Bertz CT molecular complexity index is 2480. The van der Waals surface area contributed by atoms with Gasteiger partial charge in [-0.05, 0) is 35.4 Å². The normalized spacial score (nSPS) is 11.5. The van der Waals surface area contributed by atoms with Crippen LogP contribution in [0.3, 0.4) is 0 Å². The van der Waals surface area contributed by atoms with Crippen LogP contribution in [0, 0.1) is 0 Å². The lowest BCUT2D eigenvalue weighted by Gasteiger charge is -2.11. The summed E-state index contributed by atoms with van der Waals surface area (Å²) in [5, 5.41) is 2.26. The van der Waals surface area contributed by atoms with Crippen LogP contribution in [-0.2, 0) is 0 Å². The SMILES string of the molecule is c1ccc(-c2ccc(-c3nc(-c4ccccc4)nc(-n4c5ccccc5c5ccc(-c6cn7ccccc7n6)cc54)n3)cc2)cc1. The lowest BCUT2D eigenvalue weighted by molar-refractivity contribution is 0.953. The summed E-state index contributed by atoms with van der Waals surface area (Å²) in [5.74, 6) is 1.80. The second-order valence-electron chi connectivity index (χ2n) is 11.3. The van der Waals surface area contributed by atoms with E-state index in [1.54, 1.807) is 0 Å². The van der Waals surface area contributed by atoms with Crippen LogP contribution in [0.15, 0.2) is 158 Å². The predicted octanol–water partition coefficient (Wildman–Crippen LogP) is 9.28. The molecule has 4 aromatic heterocycles. The van der Waals surface area contributed by atoms with Gasteiger partial charge in [-0.15, -0.1) is 0 Å². The summed E-state index contributed by atoms with van der Waals surface area (Å²) in [6.07, 6.45) is 4.09. The molecule has 6 heteroatoms. The van der Waals surface area contributed by atoms with Crippen LogP contribution in [0.25, 0.3) is 78.6 Å². The zero-order valence-electron chi connectivity index (χ0n) is 24.7. The fourth-order valence-corrected chi connectivity index (χ4v) is 6.17. The molecule has 0 aliphatic carbocycles. The Balaban J connectivity index is 1.26. The van der Waals surface area contributed by atoms with E-state index in [-0.39, 0.29) is 0 Å². The van der Waals surface area contributed by atoms with E-state index in [4.69, 9.17) is 19.9 Å². The minimum atomic E-state index is 0.564. The van der Waals surface area contributed by atoms with Crippen molar-refractivity contribution in [3.05, 3.63) is 158 Å². The molecule has 0 aliphatic rings. The zero-order valence-corrected chi connectivity index (χ0v) is 24.7. The number of nitrogens with zero attached hydrogens (tertiary/aromatic N) is 6. The van der Waals surface area contributed by atoms with Crippen molar-refractivity contribution in [2.75, 3.05) is 0 Å². The minimum absolute atomic E-state index is 0.564. The molecule has 0 saturated carbocycles. The summed E-state index contributed by atoms with van der Waals surface area (Å²) in [6.45, 7) is 0. The molecule has 0 bridgehead atoms. The van der Waals surface area contributed by atoms with Gasteiger partial charge in [0.15, 0.2) is 11.6 Å². The maximum Gasteiger partial charge on any atom is 0.238 e. The van der Waals surface area contributed by atoms with Crippen molar-refractivity contribution in [3.8, 4) is 51.1 Å². The second-order valence-corrected chi connectivity index (χ2v) is 11.3. The fourth-order valence-electron chi connectivity index (χ4n) is 6.17. The maximum absolute atomic E-state index is 5.13. The molecule has 0 saturated heterocycles. The molecule has 9 aromatic rings. The molecular formula is C40H26N6. The second kappa shape index (κ2) is 10.6. The molecule has 9 rings (SSSR count). The van der Waals surface area contributed by atoms with Gasteiger partial charge in [-0.2, -0.15) is 9.97 Å². The summed E-state index contributed by atoms with van der Waals surface area (Å²) in [4.78, 5) is 20.1. The van der Waals surface area contributed by atoms with E-state index in [2.05, 4.69) is 102 Å². The van der Waals surface area contributed by atoms with Gasteiger partial charge >= 0.3 is 0 Å². The fraction of sp³-hybridized carbons (Fsp3) is 0. The van der Waals surface area contributed by atoms with Crippen LogP contribution in [0.5, 0.6) is 0 Å². The van der Waals surface area contributed by atoms with Crippen molar-refractivity contribution in [2.45, 2.75) is 0 Å². The first-order valence-corrected chi connectivity index (χ1v) is 15.2. The lowest BCUT2D eigenvalue weighted by atomic mass is 10.0. The van der Waals surface area contributed by atoms with Crippen molar-refractivity contribution in [2.24, 2.45) is 0 Å². The minimum Gasteiger partial charge on any atom is -0.306 e. The van der Waals surface area contributed by atoms with Gasteiger partial charge in [-0.3, -0.25) is 4.57 Å². The Kier molecular flexibility index (Phi) is 6.03. The number of benzene rings is 5. The molecule has 5 aromatic carbocycles. The first kappa shape index (κ1) is 26.0. The number of para-hydroxylation sites is 1. The van der Waals surface area contributed by atoms with Gasteiger partial charge in [0.05, 0.1) is 16.7 Å². The molecule has 0 radical (unpaired) electrons. The van der Waals surface area contributed by atoms with E-state index in [0.29, 0.717) is 17.6 Å². The number of pyridine rings is 1.